The van der Waals surface area contributed by atoms with E-state index in [9.17, 15) is 5.11 Å². The summed E-state index contributed by atoms with van der Waals surface area (Å²) < 4.78 is 6.19. The molecule has 0 saturated heterocycles. The smallest absolute Gasteiger partial charge is 0.0900 e. The van der Waals surface area contributed by atoms with E-state index in [1.54, 1.807) is 11.3 Å². The summed E-state index contributed by atoms with van der Waals surface area (Å²) >= 11 is 5.12. The molecule has 0 saturated carbocycles. The molecule has 6 heteroatoms. The van der Waals surface area contributed by atoms with Crippen LogP contribution in [0.3, 0.4) is 0 Å². The molecule has 17 heavy (non-hydrogen) atoms. The van der Waals surface area contributed by atoms with Gasteiger partial charge in [0.25, 0.3) is 0 Å². The van der Waals surface area contributed by atoms with E-state index in [0.717, 1.165) is 10.3 Å². The fraction of sp³-hybridized carbons (Fsp3) is 0.636. The first-order valence-electron chi connectivity index (χ1n) is 5.41. The largest absolute Gasteiger partial charge is 0.394 e. The van der Waals surface area contributed by atoms with Gasteiger partial charge in [0.05, 0.1) is 29.7 Å². The zero-order chi connectivity index (χ0) is 12.7. The minimum Gasteiger partial charge on any atom is -0.394 e. The van der Waals surface area contributed by atoms with E-state index >= 15 is 0 Å². The lowest BCUT2D eigenvalue weighted by Crippen LogP contribution is -2.32. The van der Waals surface area contributed by atoms with Crippen LogP contribution in [0.4, 0.5) is 0 Å². The van der Waals surface area contributed by atoms with Crippen molar-refractivity contribution >= 4 is 27.3 Å². The fourth-order valence-corrected chi connectivity index (χ4v) is 3.03. The first-order chi connectivity index (χ1) is 8.11. The Morgan fingerprint density at radius 3 is 2.88 bits per heavy atom. The van der Waals surface area contributed by atoms with Gasteiger partial charge in [-0.05, 0) is 35.1 Å². The van der Waals surface area contributed by atoms with Crippen molar-refractivity contribution in [1.29, 1.82) is 0 Å². The van der Waals surface area contributed by atoms with E-state index < -0.39 is 6.10 Å². The Kier molecular flexibility index (Phi) is 7.26. The summed E-state index contributed by atoms with van der Waals surface area (Å²) in [6.07, 6.45) is -0.519. The number of likely N-dealkylation sites (N-methyl/N-ethyl adjacent to an activating group) is 1. The van der Waals surface area contributed by atoms with Gasteiger partial charge in [0.2, 0.25) is 0 Å². The highest BCUT2D eigenvalue weighted by molar-refractivity contribution is 9.11. The number of nitrogens with zero attached hydrogens (tertiary/aromatic N) is 1. The van der Waals surface area contributed by atoms with Gasteiger partial charge < -0.3 is 14.9 Å². The number of hydrogen-bond acceptors (Lipinski definition) is 5. The van der Waals surface area contributed by atoms with Crippen LogP contribution in [0, 0.1) is 0 Å². The van der Waals surface area contributed by atoms with Crippen LogP contribution in [0.2, 0.25) is 0 Å². The zero-order valence-corrected chi connectivity index (χ0v) is 12.2. The average Bonchev–Trinajstić information content (AvgIpc) is 2.64. The van der Waals surface area contributed by atoms with Gasteiger partial charge in [0.1, 0.15) is 0 Å². The zero-order valence-electron chi connectivity index (χ0n) is 9.80. The Morgan fingerprint density at radius 2 is 2.29 bits per heavy atom. The molecule has 1 aromatic rings. The highest BCUT2D eigenvalue weighted by atomic mass is 79.9. The fourth-order valence-electron chi connectivity index (χ4n) is 1.46. The molecule has 0 amide bonds. The summed E-state index contributed by atoms with van der Waals surface area (Å²) in [4.78, 5) is 3.30. The lowest BCUT2D eigenvalue weighted by Gasteiger charge is -2.19. The third kappa shape index (κ3) is 6.49. The second kappa shape index (κ2) is 8.18. The molecule has 0 aliphatic heterocycles. The molecule has 4 nitrogen and oxygen atoms in total. The van der Waals surface area contributed by atoms with Gasteiger partial charge in [-0.25, -0.2) is 0 Å². The van der Waals surface area contributed by atoms with Crippen molar-refractivity contribution in [1.82, 2.24) is 4.90 Å². The number of rotatable bonds is 8. The molecule has 0 bridgehead atoms. The molecule has 1 heterocycles. The molecule has 2 N–H and O–H groups in total. The Hall–Kier alpha value is 0.0200. The lowest BCUT2D eigenvalue weighted by atomic mass is 10.3. The maximum Gasteiger partial charge on any atom is 0.0900 e. The van der Waals surface area contributed by atoms with Crippen molar-refractivity contribution in [2.45, 2.75) is 12.6 Å². The number of aliphatic hydroxyl groups is 2. The van der Waals surface area contributed by atoms with Crippen molar-refractivity contribution in [3.63, 3.8) is 0 Å². The quantitative estimate of drug-likeness (QED) is 0.708. The standard InChI is InChI=1S/C11H18BrNO3S/c1-13(6-9(15)8-16-5-4-14)7-10-2-3-11(12)17-10/h2-3,9,14-15H,4-8H2,1H3. The van der Waals surface area contributed by atoms with Crippen molar-refractivity contribution in [2.75, 3.05) is 33.4 Å². The molecule has 0 spiro atoms. The topological polar surface area (TPSA) is 52.9 Å². The van der Waals surface area contributed by atoms with Crippen molar-refractivity contribution in [2.24, 2.45) is 0 Å². The van der Waals surface area contributed by atoms with Crippen LogP contribution in [0.25, 0.3) is 0 Å². The molecule has 0 aliphatic rings. The number of aliphatic hydroxyl groups excluding tert-OH is 2. The normalized spacial score (nSPS) is 13.2. The van der Waals surface area contributed by atoms with Gasteiger partial charge in [-0.2, -0.15) is 0 Å². The Labute approximate surface area is 114 Å². The van der Waals surface area contributed by atoms with Crippen molar-refractivity contribution < 1.29 is 14.9 Å². The molecule has 1 atom stereocenters. The maximum atomic E-state index is 9.68. The SMILES string of the molecule is CN(Cc1ccc(Br)s1)CC(O)COCCO. The molecule has 1 unspecified atom stereocenters. The lowest BCUT2D eigenvalue weighted by molar-refractivity contribution is 0.00792. The van der Waals surface area contributed by atoms with E-state index in [1.807, 2.05) is 18.0 Å². The van der Waals surface area contributed by atoms with Crippen LogP contribution >= 0.6 is 27.3 Å². The summed E-state index contributed by atoms with van der Waals surface area (Å²) in [6, 6.07) is 4.09. The van der Waals surface area contributed by atoms with Crippen LogP contribution in [-0.4, -0.2) is 54.6 Å². The van der Waals surface area contributed by atoms with Gasteiger partial charge in [0, 0.05) is 18.0 Å². The van der Waals surface area contributed by atoms with Crippen LogP contribution in [0.5, 0.6) is 0 Å². The molecule has 1 rings (SSSR count). The molecule has 0 aliphatic carbocycles. The Balaban J connectivity index is 2.21. The van der Waals surface area contributed by atoms with E-state index in [4.69, 9.17) is 9.84 Å². The maximum absolute atomic E-state index is 9.68. The second-order valence-corrected chi connectivity index (χ2v) is 6.40. The third-order valence-corrected chi connectivity index (χ3v) is 3.73. The van der Waals surface area contributed by atoms with Crippen LogP contribution in [0.1, 0.15) is 4.88 Å². The van der Waals surface area contributed by atoms with Gasteiger partial charge in [-0.1, -0.05) is 0 Å². The molecule has 0 aromatic carbocycles. The predicted octanol–water partition coefficient (Wildman–Crippen LogP) is 1.31. The van der Waals surface area contributed by atoms with Crippen LogP contribution in [-0.2, 0) is 11.3 Å². The second-order valence-electron chi connectivity index (χ2n) is 3.85. The van der Waals surface area contributed by atoms with Gasteiger partial charge in [0.15, 0.2) is 0 Å². The van der Waals surface area contributed by atoms with E-state index in [-0.39, 0.29) is 19.8 Å². The predicted molar refractivity (Wildman–Crippen MR) is 72.3 cm³/mol. The van der Waals surface area contributed by atoms with Crippen molar-refractivity contribution in [3.8, 4) is 0 Å². The average molecular weight is 324 g/mol. The summed E-state index contributed by atoms with van der Waals surface area (Å²) in [7, 11) is 1.96. The first kappa shape index (κ1) is 15.1. The minimum absolute atomic E-state index is 0.00815. The summed E-state index contributed by atoms with van der Waals surface area (Å²) in [6.45, 7) is 1.90. The van der Waals surface area contributed by atoms with Crippen molar-refractivity contribution in [3.05, 3.63) is 20.8 Å². The molecule has 98 valence electrons. The number of hydrogen-bond donors (Lipinski definition) is 2. The van der Waals surface area contributed by atoms with E-state index in [0.29, 0.717) is 6.54 Å². The monoisotopic (exact) mass is 323 g/mol. The third-order valence-electron chi connectivity index (χ3n) is 2.12. The number of halogens is 1. The molecular formula is C11H18BrNO3S. The number of thiophene rings is 1. The molecule has 0 radical (unpaired) electrons. The van der Waals surface area contributed by atoms with Gasteiger partial charge in [-0.3, -0.25) is 4.90 Å². The summed E-state index contributed by atoms with van der Waals surface area (Å²) in [5, 5.41) is 18.2. The number of ether oxygens (including phenoxy) is 1. The summed E-state index contributed by atoms with van der Waals surface area (Å²) in [5.74, 6) is 0. The molecule has 1 aromatic heterocycles. The van der Waals surface area contributed by atoms with E-state index in [1.165, 1.54) is 4.88 Å². The first-order valence-corrected chi connectivity index (χ1v) is 7.02. The summed E-state index contributed by atoms with van der Waals surface area (Å²) in [5.41, 5.74) is 0. The van der Waals surface area contributed by atoms with Gasteiger partial charge >= 0.3 is 0 Å². The van der Waals surface area contributed by atoms with Crippen LogP contribution in [0.15, 0.2) is 15.9 Å². The minimum atomic E-state index is -0.519. The Morgan fingerprint density at radius 1 is 1.53 bits per heavy atom. The van der Waals surface area contributed by atoms with Crippen LogP contribution < -0.4 is 0 Å². The Bertz CT molecular complexity index is 321. The van der Waals surface area contributed by atoms with E-state index in [2.05, 4.69) is 22.0 Å². The van der Waals surface area contributed by atoms with Gasteiger partial charge in [-0.15, -0.1) is 11.3 Å². The molecular weight excluding hydrogens is 306 g/mol. The highest BCUT2D eigenvalue weighted by Gasteiger charge is 2.09. The molecule has 0 fully saturated rings. The highest BCUT2D eigenvalue weighted by Crippen LogP contribution is 2.22.